The van der Waals surface area contributed by atoms with Crippen LogP contribution in [0.2, 0.25) is 0 Å². The Bertz CT molecular complexity index is 584. The first-order chi connectivity index (χ1) is 11.0. The molecule has 0 saturated carbocycles. The van der Waals surface area contributed by atoms with Gasteiger partial charge in [-0.05, 0) is 11.6 Å². The molecule has 1 saturated heterocycles. The molecule has 0 spiro atoms. The van der Waals surface area contributed by atoms with Crippen molar-refractivity contribution in [1.82, 2.24) is 4.90 Å². The van der Waals surface area contributed by atoms with Crippen molar-refractivity contribution in [2.45, 2.75) is 31.5 Å². The molecule has 0 aromatic heterocycles. The molecule has 1 aromatic rings. The smallest absolute Gasteiger partial charge is 0.139 e. The Balaban J connectivity index is 2.48. The number of benzene rings is 1. The van der Waals surface area contributed by atoms with Gasteiger partial charge in [-0.1, -0.05) is 53.2 Å². The van der Waals surface area contributed by atoms with Crippen LogP contribution in [0.25, 0.3) is 0 Å². The second kappa shape index (κ2) is 8.04. The van der Waals surface area contributed by atoms with Gasteiger partial charge >= 0.3 is 0 Å². The molecule has 0 N–H and O–H groups in total. The summed E-state index contributed by atoms with van der Waals surface area (Å²) < 4.78 is 6.61. The van der Waals surface area contributed by atoms with Gasteiger partial charge in [0.2, 0.25) is 0 Å². The maximum Gasteiger partial charge on any atom is 0.139 e. The third kappa shape index (κ3) is 3.65. The van der Waals surface area contributed by atoms with Crippen LogP contribution in [0.3, 0.4) is 0 Å². The van der Waals surface area contributed by atoms with Crippen molar-refractivity contribution < 1.29 is 9.53 Å². The number of rotatable bonds is 6. The lowest BCUT2D eigenvalue weighted by molar-refractivity contribution is -0.134. The van der Waals surface area contributed by atoms with Gasteiger partial charge in [-0.2, -0.15) is 0 Å². The number of hydrogen-bond acceptors (Lipinski definition) is 3. The third-order valence-electron chi connectivity index (χ3n) is 4.64. The summed E-state index contributed by atoms with van der Waals surface area (Å²) in [5.41, 5.74) is 1.12. The van der Waals surface area contributed by atoms with Gasteiger partial charge in [-0.15, -0.1) is 13.2 Å². The maximum atomic E-state index is 12.6. The van der Waals surface area contributed by atoms with Crippen LogP contribution in [0.15, 0.2) is 54.0 Å². The van der Waals surface area contributed by atoms with Gasteiger partial charge in [0, 0.05) is 42.5 Å². The molecule has 2 rings (SSSR count). The van der Waals surface area contributed by atoms with Crippen molar-refractivity contribution in [3.05, 3.63) is 59.6 Å². The van der Waals surface area contributed by atoms with Crippen LogP contribution >= 0.6 is 15.9 Å². The largest absolute Gasteiger partial charge is 0.376 e. The fourth-order valence-corrected chi connectivity index (χ4v) is 4.01. The zero-order chi connectivity index (χ0) is 17.0. The van der Waals surface area contributed by atoms with Gasteiger partial charge in [0.25, 0.3) is 0 Å². The number of methoxy groups -OCH3 is 1. The molecular formula is C19H24BrNO2. The van der Waals surface area contributed by atoms with E-state index in [2.05, 4.69) is 40.1 Å². The Morgan fingerprint density at radius 2 is 2.13 bits per heavy atom. The summed E-state index contributed by atoms with van der Waals surface area (Å²) in [5, 5.41) is 0. The monoisotopic (exact) mass is 377 g/mol. The van der Waals surface area contributed by atoms with Gasteiger partial charge in [0.1, 0.15) is 5.78 Å². The van der Waals surface area contributed by atoms with Crippen molar-refractivity contribution in [1.29, 1.82) is 0 Å². The fraction of sp³-hybridized carbons (Fsp3) is 0.421. The molecule has 1 fully saturated rings. The quantitative estimate of drug-likeness (QED) is 0.697. The van der Waals surface area contributed by atoms with Crippen LogP contribution in [0.4, 0.5) is 0 Å². The number of hydrogen-bond donors (Lipinski definition) is 0. The van der Waals surface area contributed by atoms with Gasteiger partial charge in [-0.25, -0.2) is 0 Å². The van der Waals surface area contributed by atoms with Crippen molar-refractivity contribution in [2.24, 2.45) is 5.92 Å². The molecule has 1 aliphatic heterocycles. The molecule has 0 aliphatic carbocycles. The number of carbonyl (C=O) groups excluding carboxylic acids is 1. The normalized spacial score (nSPS) is 26.7. The minimum atomic E-state index is -0.195. The second-order valence-corrected chi connectivity index (χ2v) is 6.76. The van der Waals surface area contributed by atoms with Gasteiger partial charge in [-0.3, -0.25) is 9.69 Å². The average molecular weight is 378 g/mol. The first-order valence-corrected chi connectivity index (χ1v) is 8.63. The van der Waals surface area contributed by atoms with E-state index < -0.39 is 0 Å². The Morgan fingerprint density at radius 3 is 2.70 bits per heavy atom. The zero-order valence-electron chi connectivity index (χ0n) is 13.7. The van der Waals surface area contributed by atoms with Crippen LogP contribution in [0.5, 0.6) is 0 Å². The highest BCUT2D eigenvalue weighted by atomic mass is 79.9. The molecule has 23 heavy (non-hydrogen) atoms. The molecule has 0 bridgehead atoms. The third-order valence-corrected chi connectivity index (χ3v) is 5.37. The van der Waals surface area contributed by atoms with Crippen LogP contribution in [-0.2, 0) is 9.53 Å². The highest BCUT2D eigenvalue weighted by Crippen LogP contribution is 2.39. The summed E-state index contributed by atoms with van der Waals surface area (Å²) in [6.07, 6.45) is 3.98. The van der Waals surface area contributed by atoms with Crippen molar-refractivity contribution in [3.8, 4) is 0 Å². The average Bonchev–Trinajstić information content (AvgIpc) is 2.55. The number of likely N-dealkylation sites (tertiary alicyclic amines) is 1. The summed E-state index contributed by atoms with van der Waals surface area (Å²) in [7, 11) is 1.66. The standard InChI is InChI=1S/C19H24BrNO2/c1-5-11-21-16(14-9-7-8-10-15(14)20)12-17(22)13(3)19(21)18(6-2)23-4/h5-10,13,16,18-19H,1-2,11-12H2,3-4H3/t13-,16+,18+,19-/m1/s1. The van der Waals surface area contributed by atoms with Gasteiger partial charge in [0.05, 0.1) is 6.10 Å². The Morgan fingerprint density at radius 1 is 1.43 bits per heavy atom. The van der Waals surface area contributed by atoms with Crippen molar-refractivity contribution in [3.63, 3.8) is 0 Å². The molecule has 1 heterocycles. The fourth-order valence-electron chi connectivity index (χ4n) is 3.46. The molecule has 4 atom stereocenters. The molecule has 1 aliphatic rings. The topological polar surface area (TPSA) is 29.5 Å². The maximum absolute atomic E-state index is 12.6. The van der Waals surface area contributed by atoms with Gasteiger partial charge < -0.3 is 4.74 Å². The van der Waals surface area contributed by atoms with E-state index in [1.54, 1.807) is 13.2 Å². The van der Waals surface area contributed by atoms with E-state index >= 15 is 0 Å². The number of nitrogens with zero attached hydrogens (tertiary/aromatic N) is 1. The van der Waals surface area contributed by atoms with E-state index in [9.17, 15) is 4.79 Å². The number of ketones is 1. The molecule has 0 radical (unpaired) electrons. The molecule has 1 aromatic carbocycles. The Hall–Kier alpha value is -1.23. The first kappa shape index (κ1) is 18.1. The molecule has 4 heteroatoms. The Kier molecular flexibility index (Phi) is 6.33. The number of piperidine rings is 1. The summed E-state index contributed by atoms with van der Waals surface area (Å²) in [6, 6.07) is 8.04. The first-order valence-electron chi connectivity index (χ1n) is 7.84. The predicted molar refractivity (Wildman–Crippen MR) is 97.4 cm³/mol. The van der Waals surface area contributed by atoms with Crippen LogP contribution in [0.1, 0.15) is 24.9 Å². The minimum absolute atomic E-state index is 0.00914. The highest BCUT2D eigenvalue weighted by molar-refractivity contribution is 9.10. The van der Waals surface area contributed by atoms with E-state index in [1.165, 1.54) is 0 Å². The lowest BCUT2D eigenvalue weighted by Crippen LogP contribution is -2.55. The SMILES string of the molecule is C=CCN1[C@@H]([C@H](C=C)OC)[C@H](C)C(=O)C[C@H]1c1ccccc1Br. The van der Waals surface area contributed by atoms with E-state index in [-0.39, 0.29) is 29.9 Å². The molecular weight excluding hydrogens is 354 g/mol. The molecule has 0 amide bonds. The van der Waals surface area contributed by atoms with Crippen molar-refractivity contribution >= 4 is 21.7 Å². The van der Waals surface area contributed by atoms with Crippen LogP contribution < -0.4 is 0 Å². The number of carbonyl (C=O) groups is 1. The second-order valence-electron chi connectivity index (χ2n) is 5.91. The Labute approximate surface area is 147 Å². The van der Waals surface area contributed by atoms with Gasteiger partial charge in [0.15, 0.2) is 0 Å². The highest BCUT2D eigenvalue weighted by Gasteiger charge is 2.43. The van der Waals surface area contributed by atoms with E-state index in [0.717, 1.165) is 10.0 Å². The number of ether oxygens (including phenoxy) is 1. The summed E-state index contributed by atoms with van der Waals surface area (Å²) in [6.45, 7) is 10.4. The summed E-state index contributed by atoms with van der Waals surface area (Å²) >= 11 is 3.62. The van der Waals surface area contributed by atoms with Crippen LogP contribution in [-0.4, -0.2) is 36.5 Å². The molecule has 3 nitrogen and oxygen atoms in total. The lowest BCUT2D eigenvalue weighted by Gasteiger charge is -2.46. The summed E-state index contributed by atoms with van der Waals surface area (Å²) in [5.74, 6) is 0.164. The minimum Gasteiger partial charge on any atom is -0.376 e. The van der Waals surface area contributed by atoms with E-state index in [0.29, 0.717) is 13.0 Å². The predicted octanol–water partition coefficient (Wildman–Crippen LogP) is 4.16. The van der Waals surface area contributed by atoms with Crippen LogP contribution in [0, 0.1) is 5.92 Å². The van der Waals surface area contributed by atoms with Crippen molar-refractivity contribution in [2.75, 3.05) is 13.7 Å². The van der Waals surface area contributed by atoms with E-state index in [4.69, 9.17) is 4.74 Å². The number of Topliss-reactive ketones (excluding diaryl/α,β-unsaturated/α-hetero) is 1. The summed E-state index contributed by atoms with van der Waals surface area (Å²) in [4.78, 5) is 14.9. The van der Waals surface area contributed by atoms with E-state index in [1.807, 2.05) is 31.2 Å². The molecule has 0 unspecified atom stereocenters. The zero-order valence-corrected chi connectivity index (χ0v) is 15.3. The molecule has 124 valence electrons. The number of halogens is 1. The lowest BCUT2D eigenvalue weighted by atomic mass is 9.80.